The van der Waals surface area contributed by atoms with E-state index in [1.165, 1.54) is 0 Å². The molecule has 4 heteroatoms. The number of benzene rings is 2. The van der Waals surface area contributed by atoms with Gasteiger partial charge in [-0.1, -0.05) is 29.8 Å². The van der Waals surface area contributed by atoms with Crippen molar-refractivity contribution in [3.05, 3.63) is 70.8 Å². The highest BCUT2D eigenvalue weighted by atomic mass is 19.1. The van der Waals surface area contributed by atoms with E-state index in [9.17, 15) is 4.79 Å². The number of halogens is 1. The fraction of sp³-hybridized carbons (Fsp3) is 0.300. The van der Waals surface area contributed by atoms with Gasteiger partial charge in [0.05, 0.1) is 11.6 Å². The Hall–Kier alpha value is -2.67. The Morgan fingerprint density at radius 1 is 1.08 bits per heavy atom. The fourth-order valence-corrected chi connectivity index (χ4v) is 3.08. The van der Waals surface area contributed by atoms with Crippen LogP contribution < -0.4 is 0 Å². The summed E-state index contributed by atoms with van der Waals surface area (Å²) in [5.74, 6) is -0.0446. The van der Waals surface area contributed by atoms with Crippen LogP contribution in [0, 0.1) is 18.3 Å². The van der Waals surface area contributed by atoms with E-state index in [-0.39, 0.29) is 18.7 Å². The zero-order chi connectivity index (χ0) is 17.2. The van der Waals surface area contributed by atoms with E-state index in [2.05, 4.69) is 0 Å². The van der Waals surface area contributed by atoms with Gasteiger partial charge in [-0.3, -0.25) is 4.79 Å². The van der Waals surface area contributed by atoms with Gasteiger partial charge in [-0.05, 0) is 36.8 Å². The largest absolute Gasteiger partial charge is 0.338 e. The molecule has 1 heterocycles. The molecule has 0 atom stereocenters. The SMILES string of the molecule is Cc1ccc(C(=O)N2CCC(F)(c3ccc(C#N)cc3)CC2)cc1. The van der Waals surface area contributed by atoms with E-state index in [1.807, 2.05) is 37.3 Å². The number of carbonyl (C=O) groups excluding carboxylic acids is 1. The van der Waals surface area contributed by atoms with Crippen LogP contribution >= 0.6 is 0 Å². The molecule has 122 valence electrons. The second-order valence-electron chi connectivity index (χ2n) is 6.31. The number of piperidine rings is 1. The molecule has 0 bridgehead atoms. The lowest BCUT2D eigenvalue weighted by Crippen LogP contribution is -2.43. The highest BCUT2D eigenvalue weighted by Gasteiger charge is 2.37. The molecule has 0 unspecified atom stereocenters. The molecule has 1 aliphatic heterocycles. The topological polar surface area (TPSA) is 44.1 Å². The van der Waals surface area contributed by atoms with Crippen LogP contribution in [0.15, 0.2) is 48.5 Å². The molecule has 2 aromatic carbocycles. The lowest BCUT2D eigenvalue weighted by atomic mass is 9.85. The van der Waals surface area contributed by atoms with Gasteiger partial charge >= 0.3 is 0 Å². The number of carbonyl (C=O) groups is 1. The van der Waals surface area contributed by atoms with Crippen LogP contribution in [0.2, 0.25) is 0 Å². The van der Waals surface area contributed by atoms with Crippen molar-refractivity contribution in [2.75, 3.05) is 13.1 Å². The Kier molecular flexibility index (Phi) is 4.35. The van der Waals surface area contributed by atoms with Crippen LogP contribution in [0.4, 0.5) is 4.39 Å². The average molecular weight is 322 g/mol. The van der Waals surface area contributed by atoms with Crippen molar-refractivity contribution in [3.63, 3.8) is 0 Å². The third-order valence-corrected chi connectivity index (χ3v) is 4.67. The number of nitrogens with zero attached hydrogens (tertiary/aromatic N) is 2. The summed E-state index contributed by atoms with van der Waals surface area (Å²) in [6.45, 7) is 2.76. The minimum Gasteiger partial charge on any atom is -0.338 e. The van der Waals surface area contributed by atoms with Crippen LogP contribution in [0.5, 0.6) is 0 Å². The normalized spacial score (nSPS) is 16.5. The van der Waals surface area contributed by atoms with Crippen molar-refractivity contribution >= 4 is 5.91 Å². The summed E-state index contributed by atoms with van der Waals surface area (Å²) in [6.07, 6.45) is 0.549. The summed E-state index contributed by atoms with van der Waals surface area (Å²) < 4.78 is 15.2. The number of likely N-dealkylation sites (tertiary alicyclic amines) is 1. The van der Waals surface area contributed by atoms with Crippen molar-refractivity contribution in [2.45, 2.75) is 25.4 Å². The zero-order valence-corrected chi connectivity index (χ0v) is 13.6. The van der Waals surface area contributed by atoms with Crippen LogP contribution in [-0.4, -0.2) is 23.9 Å². The maximum absolute atomic E-state index is 15.2. The number of rotatable bonds is 2. The Bertz CT molecular complexity index is 767. The summed E-state index contributed by atoms with van der Waals surface area (Å²) in [5, 5.41) is 8.84. The molecule has 2 aromatic rings. The maximum Gasteiger partial charge on any atom is 0.253 e. The second kappa shape index (κ2) is 6.45. The molecule has 0 saturated carbocycles. The average Bonchev–Trinajstić information content (AvgIpc) is 2.62. The van der Waals surface area contributed by atoms with Crippen LogP contribution in [0.1, 0.15) is 39.9 Å². The minimum absolute atomic E-state index is 0.0446. The summed E-state index contributed by atoms with van der Waals surface area (Å²) in [4.78, 5) is 14.2. The molecule has 0 spiro atoms. The Labute approximate surface area is 141 Å². The summed E-state index contributed by atoms with van der Waals surface area (Å²) >= 11 is 0. The van der Waals surface area contributed by atoms with Gasteiger partial charge in [0, 0.05) is 31.5 Å². The highest BCUT2D eigenvalue weighted by Crippen LogP contribution is 2.37. The van der Waals surface area contributed by atoms with E-state index >= 15 is 4.39 Å². The second-order valence-corrected chi connectivity index (χ2v) is 6.31. The Balaban J connectivity index is 1.69. The van der Waals surface area contributed by atoms with Gasteiger partial charge in [0.25, 0.3) is 5.91 Å². The standard InChI is InChI=1S/C20H19FN2O/c1-15-2-6-17(7-3-15)19(24)23-12-10-20(21,11-13-23)18-8-4-16(14-22)5-9-18/h2-9H,10-13H2,1H3. The number of hydrogen-bond donors (Lipinski definition) is 0. The number of aryl methyl sites for hydroxylation is 1. The van der Waals surface area contributed by atoms with Gasteiger partial charge in [0.15, 0.2) is 0 Å². The molecular weight excluding hydrogens is 303 g/mol. The van der Waals surface area contributed by atoms with Gasteiger partial charge in [0.2, 0.25) is 0 Å². The van der Waals surface area contributed by atoms with E-state index in [4.69, 9.17) is 5.26 Å². The van der Waals surface area contributed by atoms with Crippen LogP contribution in [-0.2, 0) is 5.67 Å². The van der Waals surface area contributed by atoms with E-state index in [0.29, 0.717) is 29.8 Å². The molecule has 1 aliphatic rings. The highest BCUT2D eigenvalue weighted by molar-refractivity contribution is 5.94. The first-order chi connectivity index (χ1) is 11.5. The maximum atomic E-state index is 15.2. The number of amides is 1. The molecule has 0 N–H and O–H groups in total. The van der Waals surface area contributed by atoms with E-state index < -0.39 is 5.67 Å². The third-order valence-electron chi connectivity index (χ3n) is 4.67. The molecule has 3 nitrogen and oxygen atoms in total. The Morgan fingerprint density at radius 2 is 1.67 bits per heavy atom. The predicted molar refractivity (Wildman–Crippen MR) is 90.3 cm³/mol. The molecule has 1 saturated heterocycles. The van der Waals surface area contributed by atoms with Crippen molar-refractivity contribution in [3.8, 4) is 6.07 Å². The summed E-state index contributed by atoms with van der Waals surface area (Å²) in [6, 6.07) is 16.1. The van der Waals surface area contributed by atoms with Crippen LogP contribution in [0.3, 0.4) is 0 Å². The molecule has 24 heavy (non-hydrogen) atoms. The van der Waals surface area contributed by atoms with Crippen molar-refractivity contribution in [1.82, 2.24) is 4.90 Å². The van der Waals surface area contributed by atoms with Gasteiger partial charge in [-0.15, -0.1) is 0 Å². The number of hydrogen-bond acceptors (Lipinski definition) is 2. The number of alkyl halides is 1. The molecule has 0 aromatic heterocycles. The molecule has 1 fully saturated rings. The van der Waals surface area contributed by atoms with Gasteiger partial charge in [0.1, 0.15) is 5.67 Å². The van der Waals surface area contributed by atoms with Gasteiger partial charge < -0.3 is 4.90 Å². The van der Waals surface area contributed by atoms with Crippen molar-refractivity contribution in [1.29, 1.82) is 5.26 Å². The predicted octanol–water partition coefficient (Wildman–Crippen LogP) is 3.97. The number of nitriles is 1. The van der Waals surface area contributed by atoms with Gasteiger partial charge in [-0.25, -0.2) is 4.39 Å². The molecule has 0 radical (unpaired) electrons. The first kappa shape index (κ1) is 16.2. The molecule has 0 aliphatic carbocycles. The van der Waals surface area contributed by atoms with Crippen molar-refractivity contribution in [2.24, 2.45) is 0 Å². The van der Waals surface area contributed by atoms with Crippen molar-refractivity contribution < 1.29 is 9.18 Å². The van der Waals surface area contributed by atoms with Gasteiger partial charge in [-0.2, -0.15) is 5.26 Å². The first-order valence-electron chi connectivity index (χ1n) is 8.07. The third kappa shape index (κ3) is 3.16. The first-order valence-corrected chi connectivity index (χ1v) is 8.07. The quantitative estimate of drug-likeness (QED) is 0.840. The fourth-order valence-electron chi connectivity index (χ4n) is 3.08. The molecular formula is C20H19FN2O. The van der Waals surface area contributed by atoms with E-state index in [0.717, 1.165) is 5.56 Å². The Morgan fingerprint density at radius 3 is 2.21 bits per heavy atom. The minimum atomic E-state index is -1.43. The monoisotopic (exact) mass is 322 g/mol. The smallest absolute Gasteiger partial charge is 0.253 e. The molecule has 3 rings (SSSR count). The lowest BCUT2D eigenvalue weighted by Gasteiger charge is -2.36. The van der Waals surface area contributed by atoms with Crippen LogP contribution in [0.25, 0.3) is 0 Å². The summed E-state index contributed by atoms with van der Waals surface area (Å²) in [5.41, 5.74) is 1.43. The zero-order valence-electron chi connectivity index (χ0n) is 13.6. The lowest BCUT2D eigenvalue weighted by molar-refractivity contribution is 0.0421. The molecule has 1 amide bonds. The van der Waals surface area contributed by atoms with E-state index in [1.54, 1.807) is 29.2 Å². The summed E-state index contributed by atoms with van der Waals surface area (Å²) in [7, 11) is 0.